The zero-order valence-corrected chi connectivity index (χ0v) is 29.1. The van der Waals surface area contributed by atoms with Crippen LogP contribution < -0.4 is 0 Å². The van der Waals surface area contributed by atoms with Gasteiger partial charge in [0.2, 0.25) is 0 Å². The maximum atomic E-state index is 6.52. The summed E-state index contributed by atoms with van der Waals surface area (Å²) in [5.41, 5.74) is 13.4. The van der Waals surface area contributed by atoms with Gasteiger partial charge in [-0.15, -0.1) is 0 Å². The van der Waals surface area contributed by atoms with Gasteiger partial charge in [0.1, 0.15) is 22.3 Å². The topological polar surface area (TPSA) is 65.0 Å². The highest BCUT2D eigenvalue weighted by Gasteiger charge is 2.38. The van der Waals surface area contributed by atoms with Crippen LogP contribution in [0.1, 0.15) is 25.0 Å². The first-order chi connectivity index (χ1) is 26.0. The fourth-order valence-electron chi connectivity index (χ4n) is 8.23. The summed E-state index contributed by atoms with van der Waals surface area (Å²) >= 11 is 0. The van der Waals surface area contributed by atoms with Crippen LogP contribution in [0.25, 0.3) is 100 Å². The van der Waals surface area contributed by atoms with Gasteiger partial charge < -0.3 is 8.83 Å². The van der Waals surface area contributed by atoms with Crippen LogP contribution in [0.4, 0.5) is 0 Å². The molecule has 1 aliphatic rings. The zero-order chi connectivity index (χ0) is 35.3. The molecule has 0 N–H and O–H groups in total. The molecule has 0 unspecified atom stereocenters. The average Bonchev–Trinajstić information content (AvgIpc) is 3.85. The van der Waals surface area contributed by atoms with Gasteiger partial charge in [-0.3, -0.25) is 0 Å². The molecule has 5 nitrogen and oxygen atoms in total. The van der Waals surface area contributed by atoms with E-state index in [1.807, 2.05) is 66.7 Å². The van der Waals surface area contributed by atoms with Crippen molar-refractivity contribution in [3.8, 4) is 56.4 Å². The second-order valence-electron chi connectivity index (χ2n) is 14.4. The molecule has 5 heteroatoms. The Morgan fingerprint density at radius 2 is 0.981 bits per heavy atom. The number of nitrogens with zero attached hydrogens (tertiary/aromatic N) is 3. The predicted molar refractivity (Wildman–Crippen MR) is 214 cm³/mol. The van der Waals surface area contributed by atoms with Gasteiger partial charge in [-0.25, -0.2) is 15.0 Å². The van der Waals surface area contributed by atoms with E-state index >= 15 is 0 Å². The Bertz CT molecular complexity index is 3100. The summed E-state index contributed by atoms with van der Waals surface area (Å²) in [6, 6.07) is 52.5. The summed E-state index contributed by atoms with van der Waals surface area (Å²) in [6.07, 6.45) is 0. The van der Waals surface area contributed by atoms with Gasteiger partial charge in [0.25, 0.3) is 0 Å². The minimum atomic E-state index is -0.194. The number of furan rings is 2. The van der Waals surface area contributed by atoms with E-state index in [1.54, 1.807) is 0 Å². The van der Waals surface area contributed by atoms with Gasteiger partial charge >= 0.3 is 0 Å². The highest BCUT2D eigenvalue weighted by Crippen LogP contribution is 2.53. The highest BCUT2D eigenvalue weighted by atomic mass is 16.3. The summed E-state index contributed by atoms with van der Waals surface area (Å²) in [6.45, 7) is 4.63. The molecule has 250 valence electrons. The Hall–Kier alpha value is -6.85. The molecule has 0 aliphatic heterocycles. The summed E-state index contributed by atoms with van der Waals surface area (Å²) in [4.78, 5) is 15.1. The lowest BCUT2D eigenvalue weighted by Crippen LogP contribution is -2.14. The van der Waals surface area contributed by atoms with Gasteiger partial charge in [0, 0.05) is 49.2 Å². The van der Waals surface area contributed by atoms with Crippen molar-refractivity contribution >= 4 is 43.9 Å². The lowest BCUT2D eigenvalue weighted by molar-refractivity contribution is 0.653. The molecule has 3 heterocycles. The minimum absolute atomic E-state index is 0.194. The molecule has 3 aromatic heterocycles. The first kappa shape index (κ1) is 29.8. The molecule has 1 aliphatic carbocycles. The van der Waals surface area contributed by atoms with E-state index in [-0.39, 0.29) is 5.41 Å². The van der Waals surface area contributed by atoms with Crippen molar-refractivity contribution in [1.82, 2.24) is 15.0 Å². The van der Waals surface area contributed by atoms with Gasteiger partial charge in [-0.05, 0) is 70.3 Å². The maximum absolute atomic E-state index is 6.52. The van der Waals surface area contributed by atoms with Gasteiger partial charge in [-0.2, -0.15) is 0 Å². The fraction of sp³-hybridized carbons (Fsp3) is 0.0625. The van der Waals surface area contributed by atoms with E-state index in [9.17, 15) is 0 Å². The van der Waals surface area contributed by atoms with Crippen LogP contribution >= 0.6 is 0 Å². The third-order valence-electron chi connectivity index (χ3n) is 10.9. The van der Waals surface area contributed by atoms with Crippen molar-refractivity contribution in [2.75, 3.05) is 0 Å². The van der Waals surface area contributed by atoms with E-state index in [1.165, 1.54) is 22.3 Å². The van der Waals surface area contributed by atoms with Crippen LogP contribution in [-0.2, 0) is 5.41 Å². The second-order valence-corrected chi connectivity index (χ2v) is 14.4. The Morgan fingerprint density at radius 3 is 1.77 bits per heavy atom. The fourth-order valence-corrected chi connectivity index (χ4v) is 8.23. The number of fused-ring (bicyclic) bond motifs is 10. The molecule has 0 saturated heterocycles. The third kappa shape index (κ3) is 4.54. The van der Waals surface area contributed by atoms with E-state index in [0.29, 0.717) is 17.5 Å². The molecular formula is C48H31N3O2. The number of para-hydroxylation sites is 2. The van der Waals surface area contributed by atoms with Gasteiger partial charge in [0.05, 0.1) is 0 Å². The van der Waals surface area contributed by atoms with Crippen molar-refractivity contribution in [1.29, 1.82) is 0 Å². The van der Waals surface area contributed by atoms with Crippen LogP contribution in [0, 0.1) is 0 Å². The van der Waals surface area contributed by atoms with Crippen LogP contribution in [-0.4, -0.2) is 15.0 Å². The largest absolute Gasteiger partial charge is 0.456 e. The second kappa shape index (κ2) is 11.1. The summed E-state index contributed by atoms with van der Waals surface area (Å²) in [5.74, 6) is 1.86. The summed E-state index contributed by atoms with van der Waals surface area (Å²) in [5, 5.41) is 4.41. The van der Waals surface area contributed by atoms with E-state index in [2.05, 4.69) is 98.8 Å². The Morgan fingerprint density at radius 1 is 0.396 bits per heavy atom. The molecule has 0 spiro atoms. The standard InChI is InChI=1S/C48H31N3O2/c1-48(2)38-23-22-35-33-15-6-9-18-41(33)53-44(35)43(38)36-21-19-30(27-39(36)48)29-13-10-14-31(25-29)46-49-45(28-11-4-3-5-12-28)50-47(51-46)32-20-24-42-37(26-32)34-16-7-8-17-40(34)52-42/h3-27H,1-2H3. The van der Waals surface area contributed by atoms with Crippen molar-refractivity contribution in [2.45, 2.75) is 19.3 Å². The van der Waals surface area contributed by atoms with E-state index in [4.69, 9.17) is 23.8 Å². The molecule has 7 aromatic carbocycles. The van der Waals surface area contributed by atoms with E-state index in [0.717, 1.165) is 71.7 Å². The van der Waals surface area contributed by atoms with Crippen molar-refractivity contribution < 1.29 is 8.83 Å². The number of hydrogen-bond donors (Lipinski definition) is 0. The Balaban J connectivity index is 1.03. The van der Waals surface area contributed by atoms with Crippen molar-refractivity contribution in [2.24, 2.45) is 0 Å². The van der Waals surface area contributed by atoms with E-state index < -0.39 is 0 Å². The SMILES string of the molecule is CC1(C)c2cc(-c3cccc(-c4nc(-c5ccccc5)nc(-c5ccc6oc7ccccc7c6c5)n4)c3)ccc2-c2c1ccc1c2oc2ccccc21. The molecule has 53 heavy (non-hydrogen) atoms. The molecular weight excluding hydrogens is 651 g/mol. The summed E-state index contributed by atoms with van der Waals surface area (Å²) < 4.78 is 12.6. The van der Waals surface area contributed by atoms with Crippen LogP contribution in [0.3, 0.4) is 0 Å². The lowest BCUT2D eigenvalue weighted by Gasteiger charge is -2.22. The first-order valence-corrected chi connectivity index (χ1v) is 17.9. The maximum Gasteiger partial charge on any atom is 0.164 e. The molecule has 11 rings (SSSR count). The monoisotopic (exact) mass is 681 g/mol. The third-order valence-corrected chi connectivity index (χ3v) is 10.9. The molecule has 0 atom stereocenters. The predicted octanol–water partition coefficient (Wildman–Crippen LogP) is 12.6. The first-order valence-electron chi connectivity index (χ1n) is 17.9. The zero-order valence-electron chi connectivity index (χ0n) is 29.1. The molecule has 0 saturated carbocycles. The Kier molecular flexibility index (Phi) is 6.23. The van der Waals surface area contributed by atoms with Crippen molar-refractivity contribution in [3.63, 3.8) is 0 Å². The quantitative estimate of drug-likeness (QED) is 0.185. The normalized spacial score (nSPS) is 13.2. The molecule has 0 radical (unpaired) electrons. The molecule has 10 aromatic rings. The van der Waals surface area contributed by atoms with Crippen molar-refractivity contribution in [3.05, 3.63) is 163 Å². The van der Waals surface area contributed by atoms with Crippen LogP contribution in [0.15, 0.2) is 160 Å². The molecule has 0 fully saturated rings. The minimum Gasteiger partial charge on any atom is -0.456 e. The molecule has 0 amide bonds. The Labute approximate surface area is 305 Å². The smallest absolute Gasteiger partial charge is 0.164 e. The summed E-state index contributed by atoms with van der Waals surface area (Å²) in [7, 11) is 0. The highest BCUT2D eigenvalue weighted by molar-refractivity contribution is 6.12. The number of aromatic nitrogens is 3. The molecule has 0 bridgehead atoms. The van der Waals surface area contributed by atoms with Crippen LogP contribution in [0.2, 0.25) is 0 Å². The van der Waals surface area contributed by atoms with Gasteiger partial charge in [0.15, 0.2) is 17.5 Å². The number of rotatable bonds is 4. The van der Waals surface area contributed by atoms with Crippen LogP contribution in [0.5, 0.6) is 0 Å². The average molecular weight is 682 g/mol. The van der Waals surface area contributed by atoms with Gasteiger partial charge in [-0.1, -0.05) is 123 Å². The number of benzene rings is 7. The lowest BCUT2D eigenvalue weighted by atomic mass is 9.81. The number of hydrogen-bond acceptors (Lipinski definition) is 5.